The molecule has 12 heteroatoms. The number of anilines is 2. The van der Waals surface area contributed by atoms with E-state index >= 15 is 0 Å². The van der Waals surface area contributed by atoms with Gasteiger partial charge >= 0.3 is 0 Å². The van der Waals surface area contributed by atoms with Crippen molar-refractivity contribution >= 4 is 43.8 Å². The largest absolute Gasteiger partial charge is 0.299 e. The number of nitro benzene ring substituents is 1. The second kappa shape index (κ2) is 9.18. The van der Waals surface area contributed by atoms with Crippen molar-refractivity contribution in [2.24, 2.45) is 0 Å². The maximum Gasteiger partial charge on any atom is 0.271 e. The van der Waals surface area contributed by atoms with Crippen LogP contribution in [-0.2, 0) is 14.8 Å². The van der Waals surface area contributed by atoms with E-state index in [4.69, 9.17) is 0 Å². The van der Waals surface area contributed by atoms with Gasteiger partial charge in [0, 0.05) is 17.7 Å². The van der Waals surface area contributed by atoms with Crippen molar-refractivity contribution in [3.63, 3.8) is 0 Å². The van der Waals surface area contributed by atoms with E-state index < -0.39 is 26.9 Å². The van der Waals surface area contributed by atoms with Gasteiger partial charge in [-0.1, -0.05) is 54.7 Å². The van der Waals surface area contributed by atoms with Gasteiger partial charge in [-0.15, -0.1) is 10.2 Å². The van der Waals surface area contributed by atoms with Gasteiger partial charge in [0.2, 0.25) is 21.1 Å². The molecule has 0 radical (unpaired) electrons. The van der Waals surface area contributed by atoms with Crippen molar-refractivity contribution in [2.75, 3.05) is 15.9 Å². The highest BCUT2D eigenvalue weighted by molar-refractivity contribution is 7.92. The number of nitro groups is 1. The van der Waals surface area contributed by atoms with Gasteiger partial charge in [-0.25, -0.2) is 8.42 Å². The number of nitrogens with zero attached hydrogens (tertiary/aromatic N) is 4. The molecule has 1 heterocycles. The molecule has 0 spiro atoms. The van der Waals surface area contributed by atoms with E-state index in [0.29, 0.717) is 5.01 Å². The van der Waals surface area contributed by atoms with Crippen LogP contribution >= 0.6 is 11.3 Å². The van der Waals surface area contributed by atoms with Crippen LogP contribution in [-0.4, -0.2) is 41.7 Å². The lowest BCUT2D eigenvalue weighted by Gasteiger charge is -2.29. The van der Waals surface area contributed by atoms with Crippen LogP contribution in [0.3, 0.4) is 0 Å². The molecule has 1 N–H and O–H groups in total. The van der Waals surface area contributed by atoms with Crippen LogP contribution in [0.1, 0.15) is 13.3 Å². The van der Waals surface area contributed by atoms with Gasteiger partial charge in [0.05, 0.1) is 16.9 Å². The summed E-state index contributed by atoms with van der Waals surface area (Å²) in [5, 5.41) is 22.5. The second-order valence-electron chi connectivity index (χ2n) is 6.53. The summed E-state index contributed by atoms with van der Waals surface area (Å²) in [7, 11) is -3.93. The molecule has 0 aliphatic rings. The molecular weight excluding hydrogens is 442 g/mol. The number of carbonyl (C=O) groups is 1. The second-order valence-corrected chi connectivity index (χ2v) is 9.36. The summed E-state index contributed by atoms with van der Waals surface area (Å²) in [5.74, 6) is -0.616. The van der Waals surface area contributed by atoms with Gasteiger partial charge in [0.15, 0.2) is 0 Å². The average Bonchev–Trinajstić information content (AvgIpc) is 3.20. The Morgan fingerprint density at radius 2 is 1.90 bits per heavy atom. The molecule has 3 aromatic rings. The standard InChI is InChI=1S/C19H19N5O5S2/c1-3-16(23(31(2,28)29)14-10-7-11-15(12-14)24(26)27)17(25)20-19-22-21-18(30-19)13-8-5-4-6-9-13/h4-12,16H,3H2,1-2H3,(H,20,22,25)/t16-/m1/s1. The third kappa shape index (κ3) is 5.22. The first kappa shape index (κ1) is 22.3. The lowest BCUT2D eigenvalue weighted by Crippen LogP contribution is -2.47. The summed E-state index contributed by atoms with van der Waals surface area (Å²) in [6.45, 7) is 1.65. The van der Waals surface area contributed by atoms with Crippen molar-refractivity contribution in [2.45, 2.75) is 19.4 Å². The lowest BCUT2D eigenvalue weighted by atomic mass is 10.2. The van der Waals surface area contributed by atoms with E-state index in [1.54, 1.807) is 6.92 Å². The van der Waals surface area contributed by atoms with Gasteiger partial charge in [0.25, 0.3) is 5.69 Å². The molecule has 1 aromatic heterocycles. The van der Waals surface area contributed by atoms with E-state index in [-0.39, 0.29) is 22.9 Å². The van der Waals surface area contributed by atoms with E-state index in [0.717, 1.165) is 33.5 Å². The Labute approximate surface area is 182 Å². The molecule has 162 valence electrons. The SMILES string of the molecule is CC[C@H](C(=O)Nc1nnc(-c2ccccc2)s1)N(c1cccc([N+](=O)[O-])c1)S(C)(=O)=O. The van der Waals surface area contributed by atoms with E-state index in [1.165, 1.54) is 18.2 Å². The van der Waals surface area contributed by atoms with E-state index in [9.17, 15) is 23.3 Å². The van der Waals surface area contributed by atoms with Crippen LogP contribution in [0.2, 0.25) is 0 Å². The number of hydrogen-bond donors (Lipinski definition) is 1. The Kier molecular flexibility index (Phi) is 6.61. The van der Waals surface area contributed by atoms with Crippen LogP contribution in [0, 0.1) is 10.1 Å². The summed E-state index contributed by atoms with van der Waals surface area (Å²) in [6, 6.07) is 13.3. The Morgan fingerprint density at radius 3 is 2.52 bits per heavy atom. The molecule has 10 nitrogen and oxygen atoms in total. The minimum atomic E-state index is -3.93. The summed E-state index contributed by atoms with van der Waals surface area (Å²) < 4.78 is 25.9. The molecule has 0 saturated carbocycles. The molecule has 0 bridgehead atoms. The highest BCUT2D eigenvalue weighted by Crippen LogP contribution is 2.29. The molecule has 0 saturated heterocycles. The number of non-ortho nitro benzene ring substituents is 1. The van der Waals surface area contributed by atoms with Crippen LogP contribution in [0.5, 0.6) is 0 Å². The molecule has 1 atom stereocenters. The lowest BCUT2D eigenvalue weighted by molar-refractivity contribution is -0.384. The van der Waals surface area contributed by atoms with Gasteiger partial charge in [-0.05, 0) is 12.5 Å². The molecule has 0 fully saturated rings. The molecule has 0 aliphatic carbocycles. The Balaban J connectivity index is 1.89. The summed E-state index contributed by atoms with van der Waals surface area (Å²) >= 11 is 1.15. The first-order valence-electron chi connectivity index (χ1n) is 9.14. The third-order valence-corrected chi connectivity index (χ3v) is 6.37. The number of benzene rings is 2. The van der Waals surface area contributed by atoms with Gasteiger partial charge in [-0.2, -0.15) is 0 Å². The average molecular weight is 462 g/mol. The van der Waals surface area contributed by atoms with E-state index in [2.05, 4.69) is 15.5 Å². The molecule has 31 heavy (non-hydrogen) atoms. The Morgan fingerprint density at radius 1 is 1.19 bits per heavy atom. The van der Waals surface area contributed by atoms with Crippen LogP contribution in [0.15, 0.2) is 54.6 Å². The summed E-state index contributed by atoms with van der Waals surface area (Å²) in [6.07, 6.45) is 1.08. The highest BCUT2D eigenvalue weighted by Gasteiger charge is 2.32. The summed E-state index contributed by atoms with van der Waals surface area (Å²) in [5.41, 5.74) is 0.584. The fourth-order valence-electron chi connectivity index (χ4n) is 2.96. The van der Waals surface area contributed by atoms with Crippen molar-refractivity contribution < 1.29 is 18.1 Å². The number of hydrogen-bond acceptors (Lipinski definition) is 8. The van der Waals surface area contributed by atoms with Crippen LogP contribution in [0.4, 0.5) is 16.5 Å². The number of rotatable bonds is 8. The fourth-order valence-corrected chi connectivity index (χ4v) is 4.92. The molecule has 3 rings (SSSR count). The maximum atomic E-state index is 13.0. The molecule has 2 aromatic carbocycles. The molecule has 0 unspecified atom stereocenters. The van der Waals surface area contributed by atoms with Gasteiger partial charge in [-0.3, -0.25) is 24.5 Å². The number of sulfonamides is 1. The molecular formula is C19H19N5O5S2. The van der Waals surface area contributed by atoms with Crippen LogP contribution in [0.25, 0.3) is 10.6 Å². The summed E-state index contributed by atoms with van der Waals surface area (Å²) in [4.78, 5) is 23.4. The van der Waals surface area contributed by atoms with Crippen molar-refractivity contribution in [1.82, 2.24) is 10.2 Å². The monoisotopic (exact) mass is 461 g/mol. The Hall–Kier alpha value is -3.38. The minimum absolute atomic E-state index is 0.0286. The Bertz CT molecular complexity index is 1200. The first-order valence-corrected chi connectivity index (χ1v) is 11.8. The zero-order valence-corrected chi connectivity index (χ0v) is 18.3. The topological polar surface area (TPSA) is 135 Å². The van der Waals surface area contributed by atoms with Crippen molar-refractivity contribution in [1.29, 1.82) is 0 Å². The third-order valence-electron chi connectivity index (χ3n) is 4.30. The quantitative estimate of drug-likeness (QED) is 0.401. The van der Waals surface area contributed by atoms with Crippen LogP contribution < -0.4 is 9.62 Å². The number of aromatic nitrogens is 2. The minimum Gasteiger partial charge on any atom is -0.299 e. The van der Waals surface area contributed by atoms with Gasteiger partial charge < -0.3 is 0 Å². The zero-order valence-electron chi connectivity index (χ0n) is 16.6. The van der Waals surface area contributed by atoms with E-state index in [1.807, 2.05) is 30.3 Å². The number of nitrogens with one attached hydrogen (secondary N) is 1. The molecule has 1 amide bonds. The molecule has 0 aliphatic heterocycles. The number of amides is 1. The predicted molar refractivity (Wildman–Crippen MR) is 118 cm³/mol. The highest BCUT2D eigenvalue weighted by atomic mass is 32.2. The van der Waals surface area contributed by atoms with Crippen molar-refractivity contribution in [3.8, 4) is 10.6 Å². The predicted octanol–water partition coefficient (Wildman–Crippen LogP) is 3.30. The zero-order chi connectivity index (χ0) is 22.6. The fraction of sp³-hybridized carbons (Fsp3) is 0.211. The first-order chi connectivity index (χ1) is 14.7. The number of carbonyl (C=O) groups excluding carboxylic acids is 1. The normalized spacial score (nSPS) is 12.2. The maximum absolute atomic E-state index is 13.0. The smallest absolute Gasteiger partial charge is 0.271 e. The van der Waals surface area contributed by atoms with Crippen molar-refractivity contribution in [3.05, 3.63) is 64.7 Å². The van der Waals surface area contributed by atoms with Gasteiger partial charge in [0.1, 0.15) is 11.0 Å².